The SMILES string of the molecule is O=C(Cc1cccc(C(F)(F)F)c1NC(=O)C(Cl)Cl)C(=O)Nc1ncco1. The van der Waals surface area contributed by atoms with Crippen LogP contribution in [0.1, 0.15) is 11.1 Å². The molecule has 0 spiro atoms. The summed E-state index contributed by atoms with van der Waals surface area (Å²) in [6.45, 7) is 0. The van der Waals surface area contributed by atoms with Gasteiger partial charge in [0.1, 0.15) is 6.26 Å². The van der Waals surface area contributed by atoms with Crippen molar-refractivity contribution < 1.29 is 32.0 Å². The average molecular weight is 424 g/mol. The molecule has 0 bridgehead atoms. The highest BCUT2D eigenvalue weighted by Crippen LogP contribution is 2.37. The van der Waals surface area contributed by atoms with E-state index >= 15 is 0 Å². The highest BCUT2D eigenvalue weighted by Gasteiger charge is 2.35. The fourth-order valence-corrected chi connectivity index (χ4v) is 2.12. The molecule has 7 nitrogen and oxygen atoms in total. The van der Waals surface area contributed by atoms with E-state index < -0.39 is 46.3 Å². The van der Waals surface area contributed by atoms with Gasteiger partial charge in [0.05, 0.1) is 17.4 Å². The van der Waals surface area contributed by atoms with Gasteiger partial charge in [0, 0.05) is 6.42 Å². The Morgan fingerprint density at radius 3 is 2.44 bits per heavy atom. The van der Waals surface area contributed by atoms with Crippen molar-refractivity contribution in [1.29, 1.82) is 0 Å². The number of hydrogen-bond donors (Lipinski definition) is 2. The molecule has 27 heavy (non-hydrogen) atoms. The molecule has 0 aliphatic heterocycles. The van der Waals surface area contributed by atoms with Gasteiger partial charge in [0.15, 0.2) is 4.84 Å². The van der Waals surface area contributed by atoms with Gasteiger partial charge in [-0.25, -0.2) is 4.98 Å². The second-order valence-corrected chi connectivity index (χ2v) is 6.12. The summed E-state index contributed by atoms with van der Waals surface area (Å²) in [5, 5.41) is 3.98. The van der Waals surface area contributed by atoms with Crippen LogP contribution in [-0.2, 0) is 27.0 Å². The average Bonchev–Trinajstić information content (AvgIpc) is 3.07. The number of anilines is 2. The number of nitrogens with one attached hydrogen (secondary N) is 2. The molecule has 0 saturated heterocycles. The Kier molecular flexibility index (Phi) is 6.45. The standard InChI is InChI=1S/C15H10Cl2F3N3O4/c16-11(17)13(26)22-10-7(2-1-3-8(10)15(18,19)20)6-9(24)12(25)23-14-21-4-5-27-14/h1-5,11H,6H2,(H,22,26)(H,21,23,25). The lowest BCUT2D eigenvalue weighted by Gasteiger charge is -2.17. The fourth-order valence-electron chi connectivity index (χ4n) is 2.01. The molecule has 0 aliphatic carbocycles. The van der Waals surface area contributed by atoms with Crippen molar-refractivity contribution in [2.24, 2.45) is 0 Å². The Labute approximate surface area is 159 Å². The van der Waals surface area contributed by atoms with E-state index in [1.54, 1.807) is 0 Å². The van der Waals surface area contributed by atoms with E-state index in [0.717, 1.165) is 18.4 Å². The number of ketones is 1. The number of carbonyl (C=O) groups is 3. The van der Waals surface area contributed by atoms with Crippen molar-refractivity contribution in [3.63, 3.8) is 0 Å². The molecular weight excluding hydrogens is 414 g/mol. The number of aromatic nitrogens is 1. The summed E-state index contributed by atoms with van der Waals surface area (Å²) in [6, 6.07) is 2.64. The van der Waals surface area contributed by atoms with Gasteiger partial charge >= 0.3 is 12.2 Å². The summed E-state index contributed by atoms with van der Waals surface area (Å²) in [6.07, 6.45) is -3.21. The summed E-state index contributed by atoms with van der Waals surface area (Å²) in [4.78, 5) is 37.5. The third-order valence-electron chi connectivity index (χ3n) is 3.16. The van der Waals surface area contributed by atoms with Crippen molar-refractivity contribution in [1.82, 2.24) is 4.98 Å². The Balaban J connectivity index is 2.30. The molecule has 0 fully saturated rings. The number of para-hydroxylation sites is 1. The molecule has 0 radical (unpaired) electrons. The maximum absolute atomic E-state index is 13.2. The lowest BCUT2D eigenvalue weighted by Crippen LogP contribution is -2.27. The second-order valence-electron chi connectivity index (χ2n) is 5.02. The van der Waals surface area contributed by atoms with Gasteiger partial charge in [0.2, 0.25) is 5.78 Å². The molecule has 2 aromatic rings. The lowest BCUT2D eigenvalue weighted by atomic mass is 10.0. The van der Waals surface area contributed by atoms with E-state index in [1.165, 1.54) is 6.20 Å². The topological polar surface area (TPSA) is 101 Å². The molecule has 1 aromatic heterocycles. The number of halogens is 5. The highest BCUT2D eigenvalue weighted by molar-refractivity contribution is 6.54. The number of benzene rings is 1. The van der Waals surface area contributed by atoms with E-state index in [9.17, 15) is 27.6 Å². The summed E-state index contributed by atoms with van der Waals surface area (Å²) in [5.41, 5.74) is -2.18. The van der Waals surface area contributed by atoms with Crippen molar-refractivity contribution in [2.45, 2.75) is 17.4 Å². The quantitative estimate of drug-likeness (QED) is 0.548. The number of amides is 2. The lowest BCUT2D eigenvalue weighted by molar-refractivity contribution is -0.137. The highest BCUT2D eigenvalue weighted by atomic mass is 35.5. The van der Waals surface area contributed by atoms with Gasteiger partial charge in [-0.05, 0) is 11.6 Å². The molecule has 0 aliphatic rings. The first kappa shape index (κ1) is 20.7. The van der Waals surface area contributed by atoms with E-state index in [2.05, 4.69) is 4.98 Å². The smallest absolute Gasteiger partial charge is 0.418 e. The molecule has 1 aromatic carbocycles. The number of hydrogen-bond acceptors (Lipinski definition) is 5. The van der Waals surface area contributed by atoms with E-state index in [4.69, 9.17) is 27.6 Å². The van der Waals surface area contributed by atoms with Crippen molar-refractivity contribution >= 4 is 52.5 Å². The van der Waals surface area contributed by atoms with Gasteiger partial charge < -0.3 is 9.73 Å². The van der Waals surface area contributed by atoms with Crippen molar-refractivity contribution in [3.8, 4) is 0 Å². The first-order valence-corrected chi connectivity index (χ1v) is 7.98. The second kappa shape index (κ2) is 8.40. The minimum atomic E-state index is -4.84. The number of rotatable bonds is 6. The molecular formula is C15H10Cl2F3N3O4. The van der Waals surface area contributed by atoms with Gasteiger partial charge in [-0.2, -0.15) is 13.2 Å². The predicted molar refractivity (Wildman–Crippen MR) is 89.4 cm³/mol. The summed E-state index contributed by atoms with van der Waals surface area (Å²) >= 11 is 10.7. The number of alkyl halides is 5. The Morgan fingerprint density at radius 2 is 1.89 bits per heavy atom. The van der Waals surface area contributed by atoms with Crippen LogP contribution in [0.3, 0.4) is 0 Å². The Hall–Kier alpha value is -2.59. The van der Waals surface area contributed by atoms with Gasteiger partial charge in [0.25, 0.3) is 11.8 Å². The Morgan fingerprint density at radius 1 is 1.19 bits per heavy atom. The van der Waals surface area contributed by atoms with E-state index in [-0.39, 0.29) is 11.6 Å². The molecule has 0 unspecified atom stereocenters. The summed E-state index contributed by atoms with van der Waals surface area (Å²) < 4.78 is 44.4. The number of carbonyl (C=O) groups excluding carboxylic acids is 3. The first-order valence-electron chi connectivity index (χ1n) is 7.11. The predicted octanol–water partition coefficient (Wildman–Crippen LogP) is 3.19. The normalized spacial score (nSPS) is 11.3. The van der Waals surface area contributed by atoms with Crippen LogP contribution in [0.15, 0.2) is 35.1 Å². The van der Waals surface area contributed by atoms with Crippen LogP contribution in [0.4, 0.5) is 24.9 Å². The van der Waals surface area contributed by atoms with E-state index in [1.807, 2.05) is 10.6 Å². The van der Waals surface area contributed by atoms with Crippen LogP contribution < -0.4 is 10.6 Å². The van der Waals surface area contributed by atoms with Crippen molar-refractivity contribution in [3.05, 3.63) is 41.8 Å². The van der Waals surface area contributed by atoms with Crippen LogP contribution in [0.2, 0.25) is 0 Å². The number of nitrogens with zero attached hydrogens (tertiary/aromatic N) is 1. The van der Waals surface area contributed by atoms with Crippen LogP contribution in [0, 0.1) is 0 Å². The molecule has 144 valence electrons. The van der Waals surface area contributed by atoms with Gasteiger partial charge in [-0.15, -0.1) is 0 Å². The first-order chi connectivity index (χ1) is 12.6. The maximum atomic E-state index is 13.2. The van der Waals surface area contributed by atoms with Crippen LogP contribution in [-0.4, -0.2) is 27.4 Å². The molecule has 0 atom stereocenters. The fraction of sp³-hybridized carbons (Fsp3) is 0.200. The van der Waals surface area contributed by atoms with Gasteiger partial charge in [-0.3, -0.25) is 19.7 Å². The summed E-state index contributed by atoms with van der Waals surface area (Å²) in [5.74, 6) is -3.36. The van der Waals surface area contributed by atoms with Crippen LogP contribution in [0.5, 0.6) is 0 Å². The zero-order valence-corrected chi connectivity index (χ0v) is 14.7. The Bertz CT molecular complexity index is 854. The maximum Gasteiger partial charge on any atom is 0.418 e. The zero-order chi connectivity index (χ0) is 20.2. The number of Topliss-reactive ketones (excluding diaryl/α,β-unsaturated/α-hetero) is 1. The summed E-state index contributed by atoms with van der Waals surface area (Å²) in [7, 11) is 0. The van der Waals surface area contributed by atoms with Gasteiger partial charge in [-0.1, -0.05) is 35.3 Å². The zero-order valence-electron chi connectivity index (χ0n) is 13.1. The monoisotopic (exact) mass is 423 g/mol. The third-order valence-corrected chi connectivity index (χ3v) is 3.56. The minimum Gasteiger partial charge on any atom is -0.432 e. The number of oxazole rings is 1. The minimum absolute atomic E-state index is 0.250. The largest absolute Gasteiger partial charge is 0.432 e. The van der Waals surface area contributed by atoms with Crippen LogP contribution in [0.25, 0.3) is 0 Å². The molecule has 2 N–H and O–H groups in total. The molecule has 1 heterocycles. The van der Waals surface area contributed by atoms with Crippen LogP contribution >= 0.6 is 23.2 Å². The molecule has 2 amide bonds. The van der Waals surface area contributed by atoms with E-state index in [0.29, 0.717) is 6.07 Å². The third kappa shape index (κ3) is 5.44. The van der Waals surface area contributed by atoms with Crippen molar-refractivity contribution in [2.75, 3.05) is 10.6 Å². The molecule has 2 rings (SSSR count). The molecule has 0 saturated carbocycles. The molecule has 12 heteroatoms.